The van der Waals surface area contributed by atoms with Crippen LogP contribution in [0.5, 0.6) is 5.75 Å². The highest BCUT2D eigenvalue weighted by Crippen LogP contribution is 2.32. The minimum absolute atomic E-state index is 0.229. The standard InChI is InChI=1S/C10H11NO3/c1-6-4-7(10(12)13)9-8(5-6)11-2-3-14-9/h4-5,11H,2-3H2,1H3,(H,12,13). The van der Waals surface area contributed by atoms with Gasteiger partial charge >= 0.3 is 5.97 Å². The molecule has 14 heavy (non-hydrogen) atoms. The van der Waals surface area contributed by atoms with Crippen LogP contribution in [0, 0.1) is 6.92 Å². The van der Waals surface area contributed by atoms with Crippen LogP contribution in [0.4, 0.5) is 5.69 Å². The number of nitrogens with one attached hydrogen (secondary N) is 1. The van der Waals surface area contributed by atoms with E-state index in [9.17, 15) is 4.79 Å². The van der Waals surface area contributed by atoms with Gasteiger partial charge in [0.25, 0.3) is 0 Å². The highest BCUT2D eigenvalue weighted by molar-refractivity contribution is 5.94. The number of benzene rings is 1. The van der Waals surface area contributed by atoms with E-state index in [1.165, 1.54) is 0 Å². The quantitative estimate of drug-likeness (QED) is 0.709. The van der Waals surface area contributed by atoms with E-state index in [2.05, 4.69) is 5.32 Å². The number of carboxylic acids is 1. The van der Waals surface area contributed by atoms with Crippen molar-refractivity contribution >= 4 is 11.7 Å². The first kappa shape index (κ1) is 8.87. The summed E-state index contributed by atoms with van der Waals surface area (Å²) in [7, 11) is 0. The molecule has 0 radical (unpaired) electrons. The Hall–Kier alpha value is -1.71. The predicted octanol–water partition coefficient (Wildman–Crippen LogP) is 1.50. The number of fused-ring (bicyclic) bond motifs is 1. The fraction of sp³-hybridized carbons (Fsp3) is 0.300. The molecule has 4 heteroatoms. The number of anilines is 1. The van der Waals surface area contributed by atoms with Crippen molar-refractivity contribution in [3.63, 3.8) is 0 Å². The second-order valence-corrected chi connectivity index (χ2v) is 3.27. The number of aryl methyl sites for hydroxylation is 1. The number of rotatable bonds is 1. The van der Waals surface area contributed by atoms with Gasteiger partial charge in [-0.1, -0.05) is 0 Å². The molecule has 2 N–H and O–H groups in total. The van der Waals surface area contributed by atoms with Gasteiger partial charge in [0.2, 0.25) is 0 Å². The topological polar surface area (TPSA) is 58.6 Å². The van der Waals surface area contributed by atoms with Crippen LogP contribution in [0.2, 0.25) is 0 Å². The summed E-state index contributed by atoms with van der Waals surface area (Å²) in [5, 5.41) is 12.1. The van der Waals surface area contributed by atoms with Gasteiger partial charge in [-0.2, -0.15) is 0 Å². The molecular weight excluding hydrogens is 182 g/mol. The first-order valence-corrected chi connectivity index (χ1v) is 4.43. The highest BCUT2D eigenvalue weighted by atomic mass is 16.5. The lowest BCUT2D eigenvalue weighted by Crippen LogP contribution is -2.20. The summed E-state index contributed by atoms with van der Waals surface area (Å²) in [5.74, 6) is -0.497. The van der Waals surface area contributed by atoms with Gasteiger partial charge in [-0.25, -0.2) is 4.79 Å². The Morgan fingerprint density at radius 2 is 2.36 bits per heavy atom. The van der Waals surface area contributed by atoms with Crippen LogP contribution in [0.1, 0.15) is 15.9 Å². The van der Waals surface area contributed by atoms with Gasteiger partial charge in [-0.15, -0.1) is 0 Å². The van der Waals surface area contributed by atoms with E-state index in [-0.39, 0.29) is 5.56 Å². The summed E-state index contributed by atoms with van der Waals surface area (Å²) in [5.41, 5.74) is 1.92. The summed E-state index contributed by atoms with van der Waals surface area (Å²) >= 11 is 0. The Kier molecular flexibility index (Phi) is 2.04. The first-order valence-electron chi connectivity index (χ1n) is 4.43. The van der Waals surface area contributed by atoms with Crippen LogP contribution >= 0.6 is 0 Å². The number of carbonyl (C=O) groups is 1. The zero-order chi connectivity index (χ0) is 10.1. The van der Waals surface area contributed by atoms with Crippen LogP contribution < -0.4 is 10.1 Å². The molecule has 1 aliphatic heterocycles. The first-order chi connectivity index (χ1) is 6.68. The third kappa shape index (κ3) is 1.39. The summed E-state index contributed by atoms with van der Waals surface area (Å²) in [6.07, 6.45) is 0. The molecule has 2 rings (SSSR count). The number of ether oxygens (including phenoxy) is 1. The smallest absolute Gasteiger partial charge is 0.339 e. The molecule has 1 aromatic rings. The van der Waals surface area contributed by atoms with E-state index >= 15 is 0 Å². The number of carboxylic acid groups (broad SMARTS) is 1. The molecule has 0 bridgehead atoms. The number of hydrogen-bond acceptors (Lipinski definition) is 3. The van der Waals surface area contributed by atoms with Crippen molar-refractivity contribution in [1.82, 2.24) is 0 Å². The molecule has 1 aromatic carbocycles. The molecular formula is C10H11NO3. The molecule has 74 valence electrons. The maximum Gasteiger partial charge on any atom is 0.339 e. The van der Waals surface area contributed by atoms with Crippen molar-refractivity contribution in [3.05, 3.63) is 23.3 Å². The van der Waals surface area contributed by atoms with Crippen molar-refractivity contribution in [3.8, 4) is 5.75 Å². The Morgan fingerprint density at radius 3 is 3.07 bits per heavy atom. The van der Waals surface area contributed by atoms with Gasteiger partial charge in [0.15, 0.2) is 5.75 Å². The molecule has 0 aliphatic carbocycles. The summed E-state index contributed by atoms with van der Waals surface area (Å²) in [6.45, 7) is 3.09. The van der Waals surface area contributed by atoms with Gasteiger partial charge in [-0.05, 0) is 24.6 Å². The van der Waals surface area contributed by atoms with E-state index in [1.807, 2.05) is 13.0 Å². The summed E-state index contributed by atoms with van der Waals surface area (Å²) < 4.78 is 5.33. The second-order valence-electron chi connectivity index (χ2n) is 3.27. The lowest BCUT2D eigenvalue weighted by molar-refractivity contribution is 0.0692. The maximum absolute atomic E-state index is 10.9. The fourth-order valence-corrected chi connectivity index (χ4v) is 1.56. The molecule has 1 heterocycles. The molecule has 0 atom stereocenters. The largest absolute Gasteiger partial charge is 0.489 e. The Bertz CT molecular complexity index is 387. The predicted molar refractivity (Wildman–Crippen MR) is 52.1 cm³/mol. The summed E-state index contributed by atoms with van der Waals surface area (Å²) in [6, 6.07) is 3.51. The highest BCUT2D eigenvalue weighted by Gasteiger charge is 2.19. The third-order valence-corrected chi connectivity index (χ3v) is 2.13. The van der Waals surface area contributed by atoms with E-state index in [0.717, 1.165) is 17.8 Å². The van der Waals surface area contributed by atoms with E-state index in [1.54, 1.807) is 6.07 Å². The Labute approximate surface area is 81.5 Å². The zero-order valence-electron chi connectivity index (χ0n) is 7.83. The van der Waals surface area contributed by atoms with Crippen molar-refractivity contribution in [1.29, 1.82) is 0 Å². The van der Waals surface area contributed by atoms with E-state index in [0.29, 0.717) is 12.4 Å². The molecule has 0 amide bonds. The lowest BCUT2D eigenvalue weighted by atomic mass is 10.1. The van der Waals surface area contributed by atoms with Crippen molar-refractivity contribution in [2.75, 3.05) is 18.5 Å². The molecule has 0 saturated heterocycles. The average molecular weight is 193 g/mol. The number of aromatic carboxylic acids is 1. The summed E-state index contributed by atoms with van der Waals surface area (Å²) in [4.78, 5) is 10.9. The normalized spacial score (nSPS) is 13.8. The van der Waals surface area contributed by atoms with Crippen molar-refractivity contribution < 1.29 is 14.6 Å². The molecule has 0 saturated carbocycles. The van der Waals surface area contributed by atoms with Crippen LogP contribution in [0.25, 0.3) is 0 Å². The lowest BCUT2D eigenvalue weighted by Gasteiger charge is -2.21. The van der Waals surface area contributed by atoms with Crippen LogP contribution in [-0.2, 0) is 0 Å². The van der Waals surface area contributed by atoms with Gasteiger partial charge in [0.05, 0.1) is 5.69 Å². The molecule has 0 aromatic heterocycles. The van der Waals surface area contributed by atoms with Gasteiger partial charge in [0, 0.05) is 6.54 Å². The molecule has 4 nitrogen and oxygen atoms in total. The fourth-order valence-electron chi connectivity index (χ4n) is 1.56. The van der Waals surface area contributed by atoms with Crippen molar-refractivity contribution in [2.24, 2.45) is 0 Å². The van der Waals surface area contributed by atoms with Crippen LogP contribution in [0.15, 0.2) is 12.1 Å². The Morgan fingerprint density at radius 1 is 1.57 bits per heavy atom. The monoisotopic (exact) mass is 193 g/mol. The van der Waals surface area contributed by atoms with Crippen molar-refractivity contribution in [2.45, 2.75) is 6.92 Å². The minimum Gasteiger partial charge on any atom is -0.489 e. The molecule has 1 aliphatic rings. The van der Waals surface area contributed by atoms with Gasteiger partial charge in [0.1, 0.15) is 12.2 Å². The SMILES string of the molecule is Cc1cc2c(c(C(=O)O)c1)OCCN2. The minimum atomic E-state index is -0.950. The Balaban J connectivity index is 2.58. The van der Waals surface area contributed by atoms with Crippen LogP contribution in [-0.4, -0.2) is 24.2 Å². The van der Waals surface area contributed by atoms with E-state index < -0.39 is 5.97 Å². The van der Waals surface area contributed by atoms with E-state index in [4.69, 9.17) is 9.84 Å². The third-order valence-electron chi connectivity index (χ3n) is 2.13. The second kappa shape index (κ2) is 3.21. The van der Waals surface area contributed by atoms with Gasteiger partial charge < -0.3 is 15.2 Å². The zero-order valence-corrected chi connectivity index (χ0v) is 7.83. The maximum atomic E-state index is 10.9. The van der Waals surface area contributed by atoms with Gasteiger partial charge in [-0.3, -0.25) is 0 Å². The molecule has 0 spiro atoms. The molecule has 0 unspecified atom stereocenters. The van der Waals surface area contributed by atoms with Crippen LogP contribution in [0.3, 0.4) is 0 Å². The molecule has 0 fully saturated rings. The number of hydrogen-bond donors (Lipinski definition) is 2. The average Bonchev–Trinajstić information content (AvgIpc) is 2.16.